The minimum Gasteiger partial charge on any atom is -0.377 e. The van der Waals surface area contributed by atoms with Gasteiger partial charge in [-0.15, -0.1) is 0 Å². The fourth-order valence-electron chi connectivity index (χ4n) is 2.85. The number of hydrogen-bond donors (Lipinski definition) is 0. The number of anilines is 1. The van der Waals surface area contributed by atoms with E-state index in [1.807, 2.05) is 41.7 Å². The molecule has 3 rings (SSSR count). The van der Waals surface area contributed by atoms with Crippen LogP contribution in [0.4, 0.5) is 5.69 Å². The predicted octanol–water partition coefficient (Wildman–Crippen LogP) is 1.40. The largest absolute Gasteiger partial charge is 0.377 e. The molecule has 0 saturated carbocycles. The Balaban J connectivity index is 1.65. The molecule has 0 aliphatic carbocycles. The fourth-order valence-corrected chi connectivity index (χ4v) is 3.84. The molecule has 3 heterocycles. The molecule has 6 nitrogen and oxygen atoms in total. The molecule has 7 heteroatoms. The van der Waals surface area contributed by atoms with Crippen molar-refractivity contribution >= 4 is 28.5 Å². The van der Waals surface area contributed by atoms with Gasteiger partial charge in [0.15, 0.2) is 5.17 Å². The van der Waals surface area contributed by atoms with Crippen molar-refractivity contribution in [1.29, 1.82) is 0 Å². The van der Waals surface area contributed by atoms with E-state index in [-0.39, 0.29) is 5.91 Å². The Kier molecular flexibility index (Phi) is 4.75. The fraction of sp³-hybridized carbons (Fsp3) is 0.562. The second-order valence-corrected chi connectivity index (χ2v) is 7.52. The highest BCUT2D eigenvalue weighted by atomic mass is 32.2. The second kappa shape index (κ2) is 6.78. The molecule has 0 radical (unpaired) electrons. The zero-order chi connectivity index (χ0) is 16.4. The van der Waals surface area contributed by atoms with E-state index in [1.54, 1.807) is 12.4 Å². The molecule has 0 bridgehead atoms. The van der Waals surface area contributed by atoms with Crippen molar-refractivity contribution < 1.29 is 4.79 Å². The molecule has 1 saturated heterocycles. The van der Waals surface area contributed by atoms with Gasteiger partial charge in [0.05, 0.1) is 17.8 Å². The van der Waals surface area contributed by atoms with Crippen LogP contribution >= 0.6 is 11.8 Å². The molecule has 23 heavy (non-hydrogen) atoms. The Morgan fingerprint density at radius 3 is 2.65 bits per heavy atom. The maximum absolute atomic E-state index is 12.8. The van der Waals surface area contributed by atoms with E-state index in [9.17, 15) is 4.79 Å². The lowest BCUT2D eigenvalue weighted by atomic mass is 10.2. The topological polar surface area (TPSA) is 52.0 Å². The summed E-state index contributed by atoms with van der Waals surface area (Å²) in [5, 5.41) is 1.71. The van der Waals surface area contributed by atoms with Crippen LogP contribution in [0, 0.1) is 0 Å². The molecule has 1 atom stereocenters. The summed E-state index contributed by atoms with van der Waals surface area (Å²) in [6.07, 6.45) is 3.39. The Morgan fingerprint density at radius 2 is 2.04 bits per heavy atom. The Morgan fingerprint density at radius 1 is 1.30 bits per heavy atom. The first-order valence-electron chi connectivity index (χ1n) is 7.93. The minimum absolute atomic E-state index is 0.0656. The maximum atomic E-state index is 12.8. The van der Waals surface area contributed by atoms with Crippen molar-refractivity contribution in [3.63, 3.8) is 0 Å². The molecule has 1 amide bonds. The highest BCUT2D eigenvalue weighted by molar-refractivity contribution is 8.14. The van der Waals surface area contributed by atoms with E-state index in [4.69, 9.17) is 0 Å². The normalized spacial score (nSPS) is 21.3. The van der Waals surface area contributed by atoms with Gasteiger partial charge in [0.1, 0.15) is 0 Å². The molecule has 1 aromatic heterocycles. The van der Waals surface area contributed by atoms with E-state index in [1.165, 1.54) is 0 Å². The summed E-state index contributed by atoms with van der Waals surface area (Å²) in [5.74, 6) is 0.0656. The van der Waals surface area contributed by atoms with Gasteiger partial charge in [0.25, 0.3) is 5.91 Å². The van der Waals surface area contributed by atoms with E-state index in [2.05, 4.69) is 21.8 Å². The monoisotopic (exact) mass is 333 g/mol. The van der Waals surface area contributed by atoms with Gasteiger partial charge < -0.3 is 14.7 Å². The van der Waals surface area contributed by atoms with Gasteiger partial charge in [0.2, 0.25) is 0 Å². The number of rotatable bonds is 2. The molecule has 2 aliphatic rings. The number of thioether (sulfide) groups is 1. The number of pyridine rings is 1. The SMILES string of the molecule is C[C@H]1CN=C(N2CCN(C(=O)c3cnccc3N(C)C)CC2)S1. The Labute approximate surface area is 141 Å². The number of aliphatic imine (C=N–C) groups is 1. The van der Waals surface area contributed by atoms with Crippen LogP contribution in [0.5, 0.6) is 0 Å². The molecule has 1 fully saturated rings. The minimum atomic E-state index is 0.0656. The first-order valence-corrected chi connectivity index (χ1v) is 8.81. The average Bonchev–Trinajstić information content (AvgIpc) is 3.01. The summed E-state index contributed by atoms with van der Waals surface area (Å²) in [5.41, 5.74) is 1.59. The summed E-state index contributed by atoms with van der Waals surface area (Å²) in [6, 6.07) is 1.88. The summed E-state index contributed by atoms with van der Waals surface area (Å²) < 4.78 is 0. The molecule has 0 spiro atoms. The number of carbonyl (C=O) groups excluding carboxylic acids is 1. The van der Waals surface area contributed by atoms with Gasteiger partial charge in [-0.3, -0.25) is 14.8 Å². The van der Waals surface area contributed by atoms with Crippen molar-refractivity contribution in [1.82, 2.24) is 14.8 Å². The molecule has 124 valence electrons. The third kappa shape index (κ3) is 3.44. The molecule has 0 aromatic carbocycles. The zero-order valence-corrected chi connectivity index (χ0v) is 14.7. The summed E-state index contributed by atoms with van der Waals surface area (Å²) in [6.45, 7) is 6.26. The van der Waals surface area contributed by atoms with Gasteiger partial charge in [0, 0.05) is 57.9 Å². The van der Waals surface area contributed by atoms with Crippen LogP contribution in [-0.2, 0) is 0 Å². The van der Waals surface area contributed by atoms with Crippen LogP contribution in [0.25, 0.3) is 0 Å². The van der Waals surface area contributed by atoms with E-state index in [0.717, 1.165) is 43.6 Å². The zero-order valence-electron chi connectivity index (χ0n) is 13.9. The highest BCUT2D eigenvalue weighted by Crippen LogP contribution is 2.24. The maximum Gasteiger partial charge on any atom is 0.257 e. The standard InChI is InChI=1S/C16H23N5OS/c1-12-10-18-16(23-12)21-8-6-20(7-9-21)15(22)13-11-17-5-4-14(13)19(2)3/h4-5,11-12H,6-10H2,1-3H3/t12-/m0/s1. The lowest BCUT2D eigenvalue weighted by molar-refractivity contribution is 0.0694. The van der Waals surface area contributed by atoms with Crippen molar-refractivity contribution in [2.24, 2.45) is 4.99 Å². The van der Waals surface area contributed by atoms with Crippen LogP contribution in [0.3, 0.4) is 0 Å². The van der Waals surface area contributed by atoms with Crippen LogP contribution in [0.2, 0.25) is 0 Å². The summed E-state index contributed by atoms with van der Waals surface area (Å²) in [4.78, 5) is 27.7. The van der Waals surface area contributed by atoms with Crippen LogP contribution in [0.15, 0.2) is 23.5 Å². The number of hydrogen-bond acceptors (Lipinski definition) is 6. The van der Waals surface area contributed by atoms with Crippen molar-refractivity contribution in [3.8, 4) is 0 Å². The van der Waals surface area contributed by atoms with Crippen LogP contribution in [-0.4, -0.2) is 77.9 Å². The van der Waals surface area contributed by atoms with Crippen molar-refractivity contribution in [3.05, 3.63) is 24.0 Å². The lowest BCUT2D eigenvalue weighted by Crippen LogP contribution is -2.50. The van der Waals surface area contributed by atoms with Crippen molar-refractivity contribution in [2.75, 3.05) is 51.7 Å². The molecular formula is C16H23N5OS. The average molecular weight is 333 g/mol. The van der Waals surface area contributed by atoms with Gasteiger partial charge in [-0.05, 0) is 6.07 Å². The van der Waals surface area contributed by atoms with E-state index < -0.39 is 0 Å². The number of amides is 1. The smallest absolute Gasteiger partial charge is 0.257 e. The molecule has 0 N–H and O–H groups in total. The van der Waals surface area contributed by atoms with Crippen LogP contribution < -0.4 is 4.90 Å². The number of amidine groups is 1. The molecular weight excluding hydrogens is 310 g/mol. The highest BCUT2D eigenvalue weighted by Gasteiger charge is 2.28. The number of carbonyl (C=O) groups is 1. The van der Waals surface area contributed by atoms with Gasteiger partial charge >= 0.3 is 0 Å². The van der Waals surface area contributed by atoms with E-state index >= 15 is 0 Å². The third-order valence-corrected chi connectivity index (χ3v) is 5.29. The van der Waals surface area contributed by atoms with Gasteiger partial charge in [-0.25, -0.2) is 0 Å². The summed E-state index contributed by atoms with van der Waals surface area (Å²) >= 11 is 1.84. The Bertz CT molecular complexity index is 610. The van der Waals surface area contributed by atoms with Crippen molar-refractivity contribution in [2.45, 2.75) is 12.2 Å². The quantitative estimate of drug-likeness (QED) is 0.819. The summed E-state index contributed by atoms with van der Waals surface area (Å²) in [7, 11) is 3.89. The van der Waals surface area contributed by atoms with Gasteiger partial charge in [-0.1, -0.05) is 18.7 Å². The second-order valence-electron chi connectivity index (χ2n) is 6.12. The molecule has 2 aliphatic heterocycles. The van der Waals surface area contributed by atoms with Gasteiger partial charge in [-0.2, -0.15) is 0 Å². The lowest BCUT2D eigenvalue weighted by Gasteiger charge is -2.36. The molecule has 1 aromatic rings. The van der Waals surface area contributed by atoms with Crippen LogP contribution in [0.1, 0.15) is 17.3 Å². The van der Waals surface area contributed by atoms with E-state index in [0.29, 0.717) is 10.8 Å². The molecule has 0 unspecified atom stereocenters. The Hall–Kier alpha value is -1.76. The number of piperazine rings is 1. The first-order chi connectivity index (χ1) is 11.1. The predicted molar refractivity (Wildman–Crippen MR) is 95.4 cm³/mol. The number of nitrogens with zero attached hydrogens (tertiary/aromatic N) is 5. The number of aromatic nitrogens is 1. The first kappa shape index (κ1) is 16.1. The third-order valence-electron chi connectivity index (χ3n) is 4.14.